The normalized spacial score (nSPS) is 32.5. The molecule has 0 saturated carbocycles. The maximum atomic E-state index is 5.81. The third-order valence-corrected chi connectivity index (χ3v) is 3.40. The molecule has 1 aliphatic heterocycles. The van der Waals surface area contributed by atoms with Crippen molar-refractivity contribution in [2.24, 2.45) is 5.92 Å². The van der Waals surface area contributed by atoms with Crippen LogP contribution in [-0.4, -0.2) is 19.5 Å². The average Bonchev–Trinajstić information content (AvgIpc) is 2.30. The van der Waals surface area contributed by atoms with Crippen molar-refractivity contribution < 1.29 is 9.47 Å². The molecule has 1 fully saturated rings. The molecule has 1 heterocycles. The van der Waals surface area contributed by atoms with Crippen LogP contribution >= 0.6 is 0 Å². The summed E-state index contributed by atoms with van der Waals surface area (Å²) in [7, 11) is 0. The van der Waals surface area contributed by atoms with E-state index in [4.69, 9.17) is 9.47 Å². The van der Waals surface area contributed by atoms with Gasteiger partial charge in [-0.3, -0.25) is 0 Å². The molecule has 2 nitrogen and oxygen atoms in total. The third kappa shape index (κ3) is 3.62. The topological polar surface area (TPSA) is 18.5 Å². The molecule has 0 N–H and O–H groups in total. The molecular weight excluding hydrogens is 188 g/mol. The molecule has 0 bridgehead atoms. The van der Waals surface area contributed by atoms with E-state index in [1.165, 1.54) is 32.1 Å². The molecule has 0 unspecified atom stereocenters. The third-order valence-electron chi connectivity index (χ3n) is 3.40. The zero-order valence-corrected chi connectivity index (χ0v) is 9.71. The van der Waals surface area contributed by atoms with Crippen LogP contribution < -0.4 is 0 Å². The van der Waals surface area contributed by atoms with Crippen LogP contribution in [0.1, 0.15) is 45.4 Å². The highest BCUT2D eigenvalue weighted by Crippen LogP contribution is 2.24. The van der Waals surface area contributed by atoms with Crippen molar-refractivity contribution in [3.63, 3.8) is 0 Å². The van der Waals surface area contributed by atoms with Crippen molar-refractivity contribution in [1.29, 1.82) is 0 Å². The second kappa shape index (κ2) is 5.66. The van der Waals surface area contributed by atoms with Crippen LogP contribution in [0.25, 0.3) is 0 Å². The highest BCUT2D eigenvalue weighted by atomic mass is 16.7. The molecule has 0 aromatic heterocycles. The van der Waals surface area contributed by atoms with E-state index in [0.29, 0.717) is 0 Å². The minimum absolute atomic E-state index is 0.0887. The zero-order chi connectivity index (χ0) is 10.5. The summed E-state index contributed by atoms with van der Waals surface area (Å²) >= 11 is 0. The van der Waals surface area contributed by atoms with Gasteiger partial charge in [0.2, 0.25) is 0 Å². The molecule has 2 heteroatoms. The van der Waals surface area contributed by atoms with Crippen LogP contribution in [0.4, 0.5) is 0 Å². The summed E-state index contributed by atoms with van der Waals surface area (Å²) in [4.78, 5) is 0. The summed E-state index contributed by atoms with van der Waals surface area (Å²) in [6.45, 7) is 3.99. The summed E-state index contributed by atoms with van der Waals surface area (Å²) in [6, 6.07) is 0. The second-order valence-electron chi connectivity index (χ2n) is 4.82. The van der Waals surface area contributed by atoms with Gasteiger partial charge < -0.3 is 9.47 Å². The zero-order valence-electron chi connectivity index (χ0n) is 9.71. The minimum atomic E-state index is 0.0887. The molecule has 86 valence electrons. The smallest absolute Gasteiger partial charge is 0.157 e. The molecule has 2 atom stereocenters. The summed E-state index contributed by atoms with van der Waals surface area (Å²) in [5.74, 6) is 0.722. The van der Waals surface area contributed by atoms with Crippen LogP contribution in [-0.2, 0) is 9.47 Å². The molecule has 0 amide bonds. The van der Waals surface area contributed by atoms with E-state index < -0.39 is 0 Å². The fraction of sp³-hybridized carbons (Fsp3) is 0.846. The van der Waals surface area contributed by atoms with E-state index in [-0.39, 0.29) is 6.29 Å². The Balaban J connectivity index is 1.65. The lowest BCUT2D eigenvalue weighted by Crippen LogP contribution is -2.25. The first-order valence-electron chi connectivity index (χ1n) is 6.23. The van der Waals surface area contributed by atoms with Gasteiger partial charge >= 0.3 is 0 Å². The van der Waals surface area contributed by atoms with Gasteiger partial charge in [-0.1, -0.05) is 11.6 Å². The first kappa shape index (κ1) is 11.2. The Morgan fingerprint density at radius 1 is 1.40 bits per heavy atom. The fourth-order valence-corrected chi connectivity index (χ4v) is 2.26. The summed E-state index contributed by atoms with van der Waals surface area (Å²) in [5.41, 5.74) is 1.54. The molecule has 0 aromatic rings. The summed E-state index contributed by atoms with van der Waals surface area (Å²) in [5, 5.41) is 0. The number of rotatable bonds is 3. The number of ether oxygens (including phenoxy) is 2. The predicted molar refractivity (Wildman–Crippen MR) is 60.6 cm³/mol. The Labute approximate surface area is 92.6 Å². The van der Waals surface area contributed by atoms with E-state index in [1.54, 1.807) is 5.57 Å². The van der Waals surface area contributed by atoms with Crippen molar-refractivity contribution in [2.45, 2.75) is 51.7 Å². The van der Waals surface area contributed by atoms with Gasteiger partial charge in [0.05, 0.1) is 6.61 Å². The van der Waals surface area contributed by atoms with Gasteiger partial charge in [0.15, 0.2) is 6.29 Å². The van der Waals surface area contributed by atoms with E-state index >= 15 is 0 Å². The SMILES string of the molecule is CC1=CC[C@@H](CO[C@H]2CCCCO2)CC1. The molecule has 0 radical (unpaired) electrons. The van der Waals surface area contributed by atoms with Gasteiger partial charge in [-0.05, 0) is 51.4 Å². The lowest BCUT2D eigenvalue weighted by Gasteiger charge is -2.26. The monoisotopic (exact) mass is 210 g/mol. The van der Waals surface area contributed by atoms with Crippen LogP contribution in [0.5, 0.6) is 0 Å². The Hall–Kier alpha value is -0.340. The number of hydrogen-bond acceptors (Lipinski definition) is 2. The second-order valence-corrected chi connectivity index (χ2v) is 4.82. The standard InChI is InChI=1S/C13H22O2/c1-11-5-7-12(8-6-11)10-15-13-4-2-3-9-14-13/h5,12-13H,2-4,6-10H2,1H3/t12-,13+/m1/s1. The molecule has 1 aliphatic carbocycles. The van der Waals surface area contributed by atoms with Gasteiger partial charge in [-0.25, -0.2) is 0 Å². The largest absolute Gasteiger partial charge is 0.353 e. The van der Waals surface area contributed by atoms with Crippen LogP contribution in [0.3, 0.4) is 0 Å². The van der Waals surface area contributed by atoms with Crippen molar-refractivity contribution in [2.75, 3.05) is 13.2 Å². The van der Waals surface area contributed by atoms with Crippen molar-refractivity contribution in [3.8, 4) is 0 Å². The highest BCUT2D eigenvalue weighted by Gasteiger charge is 2.18. The summed E-state index contributed by atoms with van der Waals surface area (Å²) in [6.07, 6.45) is 9.72. The van der Waals surface area contributed by atoms with Gasteiger partial charge in [0.1, 0.15) is 0 Å². The fourth-order valence-electron chi connectivity index (χ4n) is 2.26. The van der Waals surface area contributed by atoms with Crippen LogP contribution in [0.15, 0.2) is 11.6 Å². The Morgan fingerprint density at radius 2 is 2.33 bits per heavy atom. The number of allylic oxidation sites excluding steroid dienone is 2. The first-order chi connectivity index (χ1) is 7.34. The highest BCUT2D eigenvalue weighted by molar-refractivity contribution is 5.02. The van der Waals surface area contributed by atoms with Crippen molar-refractivity contribution >= 4 is 0 Å². The van der Waals surface area contributed by atoms with Gasteiger partial charge in [0, 0.05) is 6.61 Å². The minimum Gasteiger partial charge on any atom is -0.353 e. The molecule has 2 rings (SSSR count). The first-order valence-corrected chi connectivity index (χ1v) is 6.23. The molecule has 1 saturated heterocycles. The maximum absolute atomic E-state index is 5.81. The van der Waals surface area contributed by atoms with E-state index in [0.717, 1.165) is 25.6 Å². The van der Waals surface area contributed by atoms with Gasteiger partial charge in [-0.2, -0.15) is 0 Å². The molecule has 0 aromatic carbocycles. The predicted octanol–water partition coefficient (Wildman–Crippen LogP) is 3.28. The van der Waals surface area contributed by atoms with Gasteiger partial charge in [-0.15, -0.1) is 0 Å². The Bertz CT molecular complexity index is 217. The Kier molecular flexibility index (Phi) is 4.21. The lowest BCUT2D eigenvalue weighted by atomic mass is 9.91. The molecule has 0 spiro atoms. The van der Waals surface area contributed by atoms with Crippen LogP contribution in [0, 0.1) is 5.92 Å². The van der Waals surface area contributed by atoms with Crippen molar-refractivity contribution in [1.82, 2.24) is 0 Å². The van der Waals surface area contributed by atoms with E-state index in [1.807, 2.05) is 0 Å². The van der Waals surface area contributed by atoms with Crippen molar-refractivity contribution in [3.05, 3.63) is 11.6 Å². The van der Waals surface area contributed by atoms with Gasteiger partial charge in [0.25, 0.3) is 0 Å². The molecule has 15 heavy (non-hydrogen) atoms. The molecular formula is C13H22O2. The van der Waals surface area contributed by atoms with E-state index in [9.17, 15) is 0 Å². The van der Waals surface area contributed by atoms with E-state index in [2.05, 4.69) is 13.0 Å². The maximum Gasteiger partial charge on any atom is 0.157 e. The molecule has 2 aliphatic rings. The quantitative estimate of drug-likeness (QED) is 0.666. The van der Waals surface area contributed by atoms with Crippen LogP contribution in [0.2, 0.25) is 0 Å². The average molecular weight is 210 g/mol. The Morgan fingerprint density at radius 3 is 3.00 bits per heavy atom. The lowest BCUT2D eigenvalue weighted by molar-refractivity contribution is -0.169. The number of hydrogen-bond donors (Lipinski definition) is 0. The summed E-state index contributed by atoms with van der Waals surface area (Å²) < 4.78 is 11.4.